The van der Waals surface area contributed by atoms with Crippen molar-refractivity contribution in [3.8, 4) is 5.75 Å². The number of anilines is 1. The van der Waals surface area contributed by atoms with Gasteiger partial charge in [0, 0.05) is 62.2 Å². The first kappa shape index (κ1) is 43.3. The topological polar surface area (TPSA) is 269 Å². The monoisotopic (exact) mass is 861 g/mol. The van der Waals surface area contributed by atoms with Crippen LogP contribution < -0.4 is 20.4 Å². The van der Waals surface area contributed by atoms with E-state index in [4.69, 9.17) is 19.4 Å². The van der Waals surface area contributed by atoms with Gasteiger partial charge in [0.05, 0.1) is 18.3 Å². The average Bonchev–Trinajstić information content (AvgIpc) is 3.51. The molecule has 3 atom stereocenters. The fourth-order valence-corrected chi connectivity index (χ4v) is 7.38. The van der Waals surface area contributed by atoms with E-state index in [9.17, 15) is 47.2 Å². The van der Waals surface area contributed by atoms with E-state index in [2.05, 4.69) is 24.7 Å². The largest absolute Gasteiger partial charge is 0.480 e. The number of carbonyl (C=O) groups is 5. The Balaban J connectivity index is 1.38. The highest BCUT2D eigenvalue weighted by atomic mass is 31.2. The number of hydrogen-bond donors (Lipinski definition) is 4. The number of nitrogens with one attached hydrogen (secondary N) is 1. The molecule has 3 aliphatic rings. The Kier molecular flexibility index (Phi) is 12.4. The van der Waals surface area contributed by atoms with Crippen molar-refractivity contribution in [2.24, 2.45) is 5.16 Å². The number of ether oxygens (including phenoxy) is 2. The first-order valence-electron chi connectivity index (χ1n) is 18.1. The molecule has 2 bridgehead atoms. The molecule has 60 heavy (non-hydrogen) atoms. The SMILES string of the molecule is CC1=NO[C@@]2(CC[C@H](C)N3C[C@H]2n2cc(C(=O)NCc4ccc(F)cc4F)c(=O)c(OC(=O)N(C)c4ncccc4CN(CC(=O)O)C(=O)OCOP(=O)(O)O)c2C3=O)C1. The van der Waals surface area contributed by atoms with Crippen molar-refractivity contribution in [2.45, 2.75) is 63.9 Å². The summed E-state index contributed by atoms with van der Waals surface area (Å²) >= 11 is 0. The van der Waals surface area contributed by atoms with E-state index in [-0.39, 0.29) is 29.5 Å². The predicted octanol–water partition coefficient (Wildman–Crippen LogP) is 2.89. The standard InChI is InChI=1S/C36H38F2N7O14P/c1-19-12-36(59-41-19)9-8-20(2)44-16-26(36)45-15-24(32(49)40-13-21-6-7-23(37)11-25(21)38)29(48)30(28(45)33(44)50)58-34(51)42(3)31-22(5-4-10-39-31)14-43(17-27(46)47)35(52)56-18-57-60(53,54)55/h4-7,10-11,15,20,26H,8-9,12-14,16-18H2,1-3H3,(H,40,49)(H,46,47)(H2,53,54,55)/t20-,26+,36-/m0/s1. The van der Waals surface area contributed by atoms with Gasteiger partial charge in [0.15, 0.2) is 11.3 Å². The molecule has 1 aromatic carbocycles. The second-order valence-corrected chi connectivity index (χ2v) is 15.4. The molecule has 1 fully saturated rings. The average molecular weight is 862 g/mol. The molecule has 0 aliphatic carbocycles. The number of oxime groups is 1. The van der Waals surface area contributed by atoms with Gasteiger partial charge in [-0.2, -0.15) is 0 Å². The number of pyridine rings is 2. The van der Waals surface area contributed by atoms with Crippen LogP contribution in [-0.2, 0) is 36.5 Å². The Morgan fingerprint density at radius 1 is 1.13 bits per heavy atom. The van der Waals surface area contributed by atoms with E-state index in [0.717, 1.165) is 30.3 Å². The van der Waals surface area contributed by atoms with Gasteiger partial charge in [-0.3, -0.25) is 29.0 Å². The molecular weight excluding hydrogens is 823 g/mol. The van der Waals surface area contributed by atoms with Crippen molar-refractivity contribution in [2.75, 3.05) is 31.8 Å². The lowest BCUT2D eigenvalue weighted by molar-refractivity contribution is -0.138. The lowest BCUT2D eigenvalue weighted by Crippen LogP contribution is -2.52. The fraction of sp³-hybridized carbons (Fsp3) is 0.389. The van der Waals surface area contributed by atoms with Gasteiger partial charge in [-0.25, -0.2) is 32.4 Å². The minimum atomic E-state index is -5.06. The van der Waals surface area contributed by atoms with Crippen LogP contribution in [0, 0.1) is 11.6 Å². The van der Waals surface area contributed by atoms with Crippen LogP contribution in [0.1, 0.15) is 71.1 Å². The van der Waals surface area contributed by atoms with Gasteiger partial charge in [0.2, 0.25) is 18.0 Å². The van der Waals surface area contributed by atoms with Crippen LogP contribution in [0.3, 0.4) is 0 Å². The molecule has 21 nitrogen and oxygen atoms in total. The molecular formula is C36H38F2N7O14P. The second-order valence-electron chi connectivity index (χ2n) is 14.2. The van der Waals surface area contributed by atoms with E-state index in [1.54, 1.807) is 13.8 Å². The van der Waals surface area contributed by atoms with E-state index in [1.807, 2.05) is 0 Å². The quantitative estimate of drug-likeness (QED) is 0.151. The van der Waals surface area contributed by atoms with Crippen LogP contribution in [0.4, 0.5) is 24.2 Å². The number of nitrogens with zero attached hydrogens (tertiary/aromatic N) is 6. The van der Waals surface area contributed by atoms with Gasteiger partial charge in [-0.05, 0) is 38.8 Å². The summed E-state index contributed by atoms with van der Waals surface area (Å²) < 4.78 is 54.9. The zero-order chi connectivity index (χ0) is 43.7. The number of phosphoric acid groups is 1. The predicted molar refractivity (Wildman–Crippen MR) is 200 cm³/mol. The third-order valence-electron chi connectivity index (χ3n) is 10.1. The van der Waals surface area contributed by atoms with Crippen molar-refractivity contribution in [3.05, 3.63) is 87.0 Å². The van der Waals surface area contributed by atoms with E-state index in [1.165, 1.54) is 27.8 Å². The minimum Gasteiger partial charge on any atom is -0.480 e. The molecule has 5 heterocycles. The lowest BCUT2D eigenvalue weighted by Gasteiger charge is -2.42. The van der Waals surface area contributed by atoms with E-state index < -0.39 is 110 Å². The molecule has 0 unspecified atom stereocenters. The number of rotatable bonds is 12. The zero-order valence-corrected chi connectivity index (χ0v) is 33.0. The Labute approximate surface area is 338 Å². The molecule has 24 heteroatoms. The highest BCUT2D eigenvalue weighted by Crippen LogP contribution is 2.46. The molecule has 320 valence electrons. The molecule has 3 aromatic rings. The molecule has 0 saturated carbocycles. The Morgan fingerprint density at radius 2 is 1.88 bits per heavy atom. The Bertz CT molecular complexity index is 2390. The molecule has 2 aromatic heterocycles. The number of halogens is 2. The summed E-state index contributed by atoms with van der Waals surface area (Å²) in [6.07, 6.45) is 0.855. The van der Waals surface area contributed by atoms with Crippen molar-refractivity contribution in [1.82, 2.24) is 24.7 Å². The Hall–Kier alpha value is -6.29. The first-order valence-corrected chi connectivity index (χ1v) is 19.6. The fourth-order valence-electron chi connectivity index (χ4n) is 7.19. The van der Waals surface area contributed by atoms with Gasteiger partial charge in [0.25, 0.3) is 11.8 Å². The summed E-state index contributed by atoms with van der Waals surface area (Å²) in [5.41, 5.74) is -2.71. The second kappa shape index (κ2) is 17.1. The number of carbonyl (C=O) groups excluding carboxylic acids is 4. The number of carboxylic acid groups (broad SMARTS) is 1. The van der Waals surface area contributed by atoms with E-state index >= 15 is 0 Å². The van der Waals surface area contributed by atoms with Crippen molar-refractivity contribution < 1.29 is 71.0 Å². The van der Waals surface area contributed by atoms with Crippen LogP contribution in [0.2, 0.25) is 0 Å². The maximum Gasteiger partial charge on any atom is 0.472 e. The lowest BCUT2D eigenvalue weighted by atomic mass is 9.84. The molecule has 4 amide bonds. The van der Waals surface area contributed by atoms with Crippen LogP contribution in [0.15, 0.2) is 52.7 Å². The molecule has 0 radical (unpaired) electrons. The summed E-state index contributed by atoms with van der Waals surface area (Å²) in [6, 6.07) is 4.27. The molecule has 6 rings (SSSR count). The van der Waals surface area contributed by atoms with Gasteiger partial charge in [-0.1, -0.05) is 17.3 Å². The smallest absolute Gasteiger partial charge is 0.472 e. The number of phosphoric ester groups is 1. The number of hydrogen-bond acceptors (Lipinski definition) is 13. The molecule has 1 spiro atoms. The minimum absolute atomic E-state index is 0.00341. The van der Waals surface area contributed by atoms with Crippen LogP contribution in [0.5, 0.6) is 5.75 Å². The summed E-state index contributed by atoms with van der Waals surface area (Å²) in [7, 11) is -3.91. The van der Waals surface area contributed by atoms with Crippen LogP contribution in [0.25, 0.3) is 0 Å². The van der Waals surface area contributed by atoms with Crippen molar-refractivity contribution in [3.63, 3.8) is 0 Å². The summed E-state index contributed by atoms with van der Waals surface area (Å²) in [5.74, 6) is -6.20. The maximum absolute atomic E-state index is 14.5. The molecule has 4 N–H and O–H groups in total. The first-order chi connectivity index (χ1) is 28.3. The summed E-state index contributed by atoms with van der Waals surface area (Å²) in [4.78, 5) is 112. The van der Waals surface area contributed by atoms with Gasteiger partial charge in [-0.15, -0.1) is 0 Å². The number of aliphatic carboxylic acids is 1. The van der Waals surface area contributed by atoms with Crippen LogP contribution >= 0.6 is 7.82 Å². The summed E-state index contributed by atoms with van der Waals surface area (Å²) in [6.45, 7) is 0.305. The highest BCUT2D eigenvalue weighted by Gasteiger charge is 2.54. The van der Waals surface area contributed by atoms with E-state index in [0.29, 0.717) is 35.9 Å². The molecule has 1 saturated heterocycles. The van der Waals surface area contributed by atoms with Crippen molar-refractivity contribution in [1.29, 1.82) is 0 Å². The normalized spacial score (nSPS) is 19.4. The third kappa shape index (κ3) is 9.13. The number of amides is 4. The third-order valence-corrected chi connectivity index (χ3v) is 10.6. The van der Waals surface area contributed by atoms with Gasteiger partial charge in [0.1, 0.15) is 29.6 Å². The number of aromatic nitrogens is 2. The van der Waals surface area contributed by atoms with Gasteiger partial charge < -0.3 is 44.0 Å². The number of fused-ring (bicyclic) bond motifs is 5. The molecule has 3 aliphatic heterocycles. The summed E-state index contributed by atoms with van der Waals surface area (Å²) in [5, 5.41) is 16.0. The number of carboxylic acids is 1. The maximum atomic E-state index is 14.5. The van der Waals surface area contributed by atoms with Gasteiger partial charge >= 0.3 is 26.0 Å². The van der Waals surface area contributed by atoms with Crippen LogP contribution in [-0.4, -0.2) is 108 Å². The number of benzene rings is 1. The Morgan fingerprint density at radius 3 is 2.55 bits per heavy atom. The van der Waals surface area contributed by atoms with Crippen molar-refractivity contribution >= 4 is 49.3 Å². The zero-order valence-electron chi connectivity index (χ0n) is 32.1. The highest BCUT2D eigenvalue weighted by molar-refractivity contribution is 7.46.